The number of piperazine rings is 1. The number of fused-ring (bicyclic) bond motifs is 1. The van der Waals surface area contributed by atoms with E-state index in [0.717, 1.165) is 18.3 Å². The van der Waals surface area contributed by atoms with Gasteiger partial charge < -0.3 is 25.3 Å². The molecule has 1 saturated heterocycles. The number of nitrogens with one attached hydrogen (secondary N) is 1. The molecule has 0 spiro atoms. The zero-order valence-electron chi connectivity index (χ0n) is 15.7. The van der Waals surface area contributed by atoms with Gasteiger partial charge in [0.15, 0.2) is 0 Å². The average molecular weight is 415 g/mol. The Morgan fingerprint density at radius 2 is 2.04 bits per heavy atom. The van der Waals surface area contributed by atoms with Gasteiger partial charge in [-0.2, -0.15) is 4.98 Å². The Morgan fingerprint density at radius 1 is 1.36 bits per heavy atom. The van der Waals surface area contributed by atoms with Gasteiger partial charge in [0.2, 0.25) is 11.9 Å². The maximum Gasteiger partial charge on any atom is 0.279 e. The van der Waals surface area contributed by atoms with Crippen LogP contribution in [0.15, 0.2) is 6.07 Å². The van der Waals surface area contributed by atoms with Crippen LogP contribution in [-0.2, 0) is 10.7 Å². The molecule has 1 amide bonds. The molecule has 0 unspecified atom stereocenters. The molecule has 0 aliphatic carbocycles. The predicted octanol–water partition coefficient (Wildman–Crippen LogP) is 1.24. The number of amides is 1. The summed E-state index contributed by atoms with van der Waals surface area (Å²) in [4.78, 5) is 24.3. The minimum Gasteiger partial charge on any atom is -0.394 e. The fraction of sp³-hybridized carbons (Fsp3) is 0.588. The number of aliphatic hydroxyl groups is 2. The molecule has 0 saturated carbocycles. The van der Waals surface area contributed by atoms with Gasteiger partial charge >= 0.3 is 0 Å². The van der Waals surface area contributed by atoms with Crippen molar-refractivity contribution in [1.29, 1.82) is 0 Å². The lowest BCUT2D eigenvalue weighted by Gasteiger charge is -2.35. The first-order chi connectivity index (χ1) is 13.2. The van der Waals surface area contributed by atoms with Crippen molar-refractivity contribution in [3.05, 3.63) is 10.9 Å². The SMILES string of the molecule is CC(=O)N1CCN(c2nc(NC[C@@H](O)CO)nc3sc(C(C)(F)F)cc23)CC1. The molecule has 0 aromatic carbocycles. The van der Waals surface area contributed by atoms with Crippen molar-refractivity contribution in [2.45, 2.75) is 25.9 Å². The van der Waals surface area contributed by atoms with Crippen molar-refractivity contribution < 1.29 is 23.8 Å². The summed E-state index contributed by atoms with van der Waals surface area (Å²) in [6.07, 6.45) is -0.985. The Hall–Kier alpha value is -2.11. The van der Waals surface area contributed by atoms with Crippen molar-refractivity contribution in [1.82, 2.24) is 14.9 Å². The van der Waals surface area contributed by atoms with Crippen LogP contribution in [0.5, 0.6) is 0 Å². The number of aliphatic hydroxyl groups excluding tert-OH is 2. The first-order valence-electron chi connectivity index (χ1n) is 8.92. The normalized spacial score (nSPS) is 16.5. The summed E-state index contributed by atoms with van der Waals surface area (Å²) in [5.41, 5.74) is 0. The molecule has 1 atom stereocenters. The number of nitrogens with zero attached hydrogens (tertiary/aromatic N) is 4. The molecular weight excluding hydrogens is 392 g/mol. The van der Waals surface area contributed by atoms with E-state index in [1.807, 2.05) is 4.90 Å². The van der Waals surface area contributed by atoms with E-state index in [0.29, 0.717) is 42.2 Å². The fourth-order valence-corrected chi connectivity index (χ4v) is 3.91. The summed E-state index contributed by atoms with van der Waals surface area (Å²) >= 11 is 0.898. The molecule has 3 rings (SSSR count). The molecule has 0 bridgehead atoms. The number of rotatable bonds is 6. The van der Waals surface area contributed by atoms with Gasteiger partial charge in [-0.3, -0.25) is 4.79 Å². The van der Waals surface area contributed by atoms with E-state index in [-0.39, 0.29) is 23.3 Å². The lowest BCUT2D eigenvalue weighted by Crippen LogP contribution is -2.48. The number of hydrogen-bond donors (Lipinski definition) is 3. The van der Waals surface area contributed by atoms with Gasteiger partial charge in [0.1, 0.15) is 10.6 Å². The van der Waals surface area contributed by atoms with Crippen molar-refractivity contribution in [3.63, 3.8) is 0 Å². The van der Waals surface area contributed by atoms with Gasteiger partial charge in [-0.05, 0) is 6.07 Å². The summed E-state index contributed by atoms with van der Waals surface area (Å²) in [6.45, 7) is 4.06. The Bertz CT molecular complexity index is 849. The highest BCUT2D eigenvalue weighted by Crippen LogP contribution is 2.39. The number of carbonyl (C=O) groups is 1. The van der Waals surface area contributed by atoms with Crippen LogP contribution in [0.25, 0.3) is 10.2 Å². The molecule has 2 aromatic rings. The maximum atomic E-state index is 13.8. The standard InChI is InChI=1S/C17H23F2N5O3S/c1-10(26)23-3-5-24(6-4-23)14-12-7-13(17(2,18)19)28-15(12)22-16(21-14)20-8-11(27)9-25/h7,11,25,27H,3-6,8-9H2,1-2H3,(H,20,21,22)/t11-/m1/s1. The van der Waals surface area contributed by atoms with Crippen molar-refractivity contribution in [3.8, 4) is 0 Å². The van der Waals surface area contributed by atoms with Crippen LogP contribution in [0.3, 0.4) is 0 Å². The second-order valence-electron chi connectivity index (χ2n) is 6.80. The molecule has 1 aliphatic heterocycles. The fourth-order valence-electron chi connectivity index (χ4n) is 2.95. The van der Waals surface area contributed by atoms with Gasteiger partial charge in [-0.1, -0.05) is 0 Å². The highest BCUT2D eigenvalue weighted by atomic mass is 32.1. The average Bonchev–Trinajstić information content (AvgIpc) is 3.10. The van der Waals surface area contributed by atoms with Gasteiger partial charge in [0, 0.05) is 46.6 Å². The molecule has 28 heavy (non-hydrogen) atoms. The highest BCUT2D eigenvalue weighted by Gasteiger charge is 2.30. The molecule has 154 valence electrons. The second-order valence-corrected chi connectivity index (χ2v) is 7.83. The second kappa shape index (κ2) is 8.10. The van der Waals surface area contributed by atoms with Crippen molar-refractivity contribution in [2.24, 2.45) is 0 Å². The van der Waals surface area contributed by atoms with E-state index in [2.05, 4.69) is 15.3 Å². The summed E-state index contributed by atoms with van der Waals surface area (Å²) in [5.74, 6) is -2.29. The number of thiophene rings is 1. The van der Waals surface area contributed by atoms with Gasteiger partial charge in [0.05, 0.1) is 23.0 Å². The first kappa shape index (κ1) is 20.6. The Balaban J connectivity index is 1.95. The number of aromatic nitrogens is 2. The molecule has 3 heterocycles. The molecule has 1 aliphatic rings. The van der Waals surface area contributed by atoms with E-state index in [4.69, 9.17) is 5.11 Å². The number of alkyl halides is 2. The van der Waals surface area contributed by atoms with Crippen LogP contribution in [0.4, 0.5) is 20.5 Å². The summed E-state index contributed by atoms with van der Waals surface area (Å²) in [6, 6.07) is 1.42. The molecule has 8 nitrogen and oxygen atoms in total. The predicted molar refractivity (Wildman–Crippen MR) is 103 cm³/mol. The smallest absolute Gasteiger partial charge is 0.279 e. The van der Waals surface area contributed by atoms with E-state index in [1.165, 1.54) is 13.0 Å². The first-order valence-corrected chi connectivity index (χ1v) is 9.74. The van der Waals surface area contributed by atoms with Gasteiger partial charge in [-0.15, -0.1) is 11.3 Å². The van der Waals surface area contributed by atoms with Crippen LogP contribution in [0.2, 0.25) is 0 Å². The molecule has 3 N–H and O–H groups in total. The van der Waals surface area contributed by atoms with Crippen molar-refractivity contribution >= 4 is 39.2 Å². The Kier molecular flexibility index (Phi) is 5.96. The van der Waals surface area contributed by atoms with E-state index in [1.54, 1.807) is 4.90 Å². The zero-order valence-corrected chi connectivity index (χ0v) is 16.5. The zero-order chi connectivity index (χ0) is 20.5. The molecule has 0 radical (unpaired) electrons. The number of carbonyl (C=O) groups excluding carboxylic acids is 1. The van der Waals surface area contributed by atoms with Gasteiger partial charge in [-0.25, -0.2) is 13.8 Å². The van der Waals surface area contributed by atoms with Crippen molar-refractivity contribution in [2.75, 3.05) is 49.5 Å². The lowest BCUT2D eigenvalue weighted by molar-refractivity contribution is -0.129. The third-order valence-electron chi connectivity index (χ3n) is 4.54. The minimum absolute atomic E-state index is 0.00345. The summed E-state index contributed by atoms with van der Waals surface area (Å²) in [5, 5.41) is 21.9. The topological polar surface area (TPSA) is 102 Å². The highest BCUT2D eigenvalue weighted by molar-refractivity contribution is 7.18. The van der Waals surface area contributed by atoms with Crippen LogP contribution in [0, 0.1) is 0 Å². The van der Waals surface area contributed by atoms with Crippen LogP contribution in [-0.4, -0.2) is 76.4 Å². The summed E-state index contributed by atoms with van der Waals surface area (Å²) < 4.78 is 27.7. The third-order valence-corrected chi connectivity index (χ3v) is 5.74. The third kappa shape index (κ3) is 4.47. The number of anilines is 2. The van der Waals surface area contributed by atoms with Crippen LogP contribution < -0.4 is 10.2 Å². The van der Waals surface area contributed by atoms with Crippen LogP contribution >= 0.6 is 11.3 Å². The monoisotopic (exact) mass is 415 g/mol. The lowest BCUT2D eigenvalue weighted by atomic mass is 10.2. The van der Waals surface area contributed by atoms with E-state index in [9.17, 15) is 18.7 Å². The minimum atomic E-state index is -2.99. The molecular formula is C17H23F2N5O3S. The molecule has 2 aromatic heterocycles. The van der Waals surface area contributed by atoms with Crippen LogP contribution in [0.1, 0.15) is 18.7 Å². The Morgan fingerprint density at radius 3 is 2.61 bits per heavy atom. The largest absolute Gasteiger partial charge is 0.394 e. The molecule has 11 heteroatoms. The van der Waals surface area contributed by atoms with Gasteiger partial charge in [0.25, 0.3) is 5.92 Å². The molecule has 1 fully saturated rings. The quantitative estimate of drug-likeness (QED) is 0.652. The van der Waals surface area contributed by atoms with E-state index >= 15 is 0 Å². The number of hydrogen-bond acceptors (Lipinski definition) is 8. The maximum absolute atomic E-state index is 13.8. The Labute approximate surface area is 164 Å². The van der Waals surface area contributed by atoms with E-state index < -0.39 is 18.6 Å². The summed E-state index contributed by atoms with van der Waals surface area (Å²) in [7, 11) is 0. The number of halogens is 2.